The van der Waals surface area contributed by atoms with Crippen molar-refractivity contribution in [2.75, 3.05) is 18.5 Å². The number of rotatable bonds is 7. The van der Waals surface area contributed by atoms with Gasteiger partial charge in [0.15, 0.2) is 11.2 Å². The van der Waals surface area contributed by atoms with E-state index in [9.17, 15) is 20.1 Å². The first-order valence-corrected chi connectivity index (χ1v) is 8.39. The molecule has 1 aliphatic heterocycles. The Hall–Kier alpha value is -2.05. The van der Waals surface area contributed by atoms with E-state index in [1.165, 1.54) is 6.33 Å². The first-order valence-electron chi connectivity index (χ1n) is 8.39. The Balaban J connectivity index is 1.86. The number of hydrogen-bond donors (Lipinski definition) is 6. The highest BCUT2D eigenvalue weighted by Crippen LogP contribution is 2.30. The Labute approximate surface area is 148 Å². The highest BCUT2D eigenvalue weighted by molar-refractivity contribution is 5.70. The molecule has 26 heavy (non-hydrogen) atoms. The first-order chi connectivity index (χ1) is 12.4. The lowest BCUT2D eigenvalue weighted by Crippen LogP contribution is -2.27. The van der Waals surface area contributed by atoms with Crippen LogP contribution in [0.1, 0.15) is 26.0 Å². The third kappa shape index (κ3) is 3.71. The number of aliphatic hydroxyl groups is 4. The van der Waals surface area contributed by atoms with Crippen LogP contribution in [-0.4, -0.2) is 77.5 Å². The van der Waals surface area contributed by atoms with Gasteiger partial charge in [0.05, 0.1) is 31.7 Å². The lowest BCUT2D eigenvalue weighted by Gasteiger charge is -2.17. The van der Waals surface area contributed by atoms with Crippen LogP contribution in [0.15, 0.2) is 11.1 Å². The molecule has 144 valence electrons. The third-order valence-electron chi connectivity index (χ3n) is 4.35. The van der Waals surface area contributed by atoms with Crippen LogP contribution < -0.4 is 10.9 Å². The first kappa shape index (κ1) is 18.7. The van der Waals surface area contributed by atoms with Gasteiger partial charge in [0.2, 0.25) is 5.95 Å². The van der Waals surface area contributed by atoms with Gasteiger partial charge in [-0.1, -0.05) is 0 Å². The molecule has 2 unspecified atom stereocenters. The van der Waals surface area contributed by atoms with Gasteiger partial charge in [-0.2, -0.15) is 4.98 Å². The fourth-order valence-electron chi connectivity index (χ4n) is 3.03. The van der Waals surface area contributed by atoms with Crippen molar-refractivity contribution >= 4 is 17.1 Å². The number of imidazole rings is 1. The van der Waals surface area contributed by atoms with Crippen LogP contribution in [0.2, 0.25) is 0 Å². The van der Waals surface area contributed by atoms with E-state index < -0.39 is 30.1 Å². The quantitative estimate of drug-likeness (QED) is 0.334. The third-order valence-corrected chi connectivity index (χ3v) is 4.35. The van der Waals surface area contributed by atoms with Crippen LogP contribution in [0, 0.1) is 0 Å². The summed E-state index contributed by atoms with van der Waals surface area (Å²) in [4.78, 5) is 23.2. The van der Waals surface area contributed by atoms with E-state index in [1.807, 2.05) is 0 Å². The highest BCUT2D eigenvalue weighted by atomic mass is 16.5. The summed E-state index contributed by atoms with van der Waals surface area (Å²) in [6.45, 7) is 1.12. The minimum Gasteiger partial charge on any atom is -0.394 e. The number of aliphatic hydroxyl groups excluding tert-OH is 4. The summed E-state index contributed by atoms with van der Waals surface area (Å²) in [7, 11) is 0. The van der Waals surface area contributed by atoms with Crippen molar-refractivity contribution in [1.29, 1.82) is 0 Å². The smallest absolute Gasteiger partial charge is 0.280 e. The van der Waals surface area contributed by atoms with Crippen molar-refractivity contribution in [1.82, 2.24) is 19.5 Å². The van der Waals surface area contributed by atoms with Crippen LogP contribution >= 0.6 is 0 Å². The minimum absolute atomic E-state index is 0.129. The number of anilines is 1. The molecule has 0 spiro atoms. The Morgan fingerprint density at radius 3 is 2.92 bits per heavy atom. The van der Waals surface area contributed by atoms with E-state index in [4.69, 9.17) is 9.84 Å². The summed E-state index contributed by atoms with van der Waals surface area (Å²) in [5.74, 6) is 0.194. The van der Waals surface area contributed by atoms with Gasteiger partial charge in [0, 0.05) is 12.5 Å². The SMILES string of the molecule is CC(CC(O)CO)Nc1nc2c(ncn2[C@H]2C[C@H](O)[C@@H](CO)O2)c(=O)[nH]1. The van der Waals surface area contributed by atoms with Gasteiger partial charge in [-0.15, -0.1) is 0 Å². The number of aromatic amines is 1. The van der Waals surface area contributed by atoms with Gasteiger partial charge < -0.3 is 30.5 Å². The summed E-state index contributed by atoms with van der Waals surface area (Å²) in [6, 6.07) is -0.252. The van der Waals surface area contributed by atoms with E-state index >= 15 is 0 Å². The number of fused-ring (bicyclic) bond motifs is 1. The fraction of sp³-hybridized carbons (Fsp3) is 0.667. The molecule has 11 heteroatoms. The second-order valence-electron chi connectivity index (χ2n) is 6.47. The molecule has 3 heterocycles. The minimum atomic E-state index is -0.873. The molecule has 2 aromatic rings. The van der Waals surface area contributed by atoms with Crippen LogP contribution in [0.3, 0.4) is 0 Å². The van der Waals surface area contributed by atoms with Crippen molar-refractivity contribution in [3.05, 3.63) is 16.7 Å². The molecule has 11 nitrogen and oxygen atoms in total. The van der Waals surface area contributed by atoms with Crippen LogP contribution in [0.5, 0.6) is 0 Å². The number of H-pyrrole nitrogens is 1. The molecule has 1 fully saturated rings. The summed E-state index contributed by atoms with van der Waals surface area (Å²) in [5, 5.41) is 40.5. The number of aromatic nitrogens is 4. The van der Waals surface area contributed by atoms with E-state index in [2.05, 4.69) is 20.3 Å². The molecule has 0 amide bonds. The maximum atomic E-state index is 12.2. The van der Waals surface area contributed by atoms with E-state index in [-0.39, 0.29) is 49.2 Å². The predicted molar refractivity (Wildman–Crippen MR) is 90.6 cm³/mol. The fourth-order valence-corrected chi connectivity index (χ4v) is 3.03. The number of nitrogens with one attached hydrogen (secondary N) is 2. The molecule has 6 N–H and O–H groups in total. The van der Waals surface area contributed by atoms with E-state index in [0.29, 0.717) is 0 Å². The van der Waals surface area contributed by atoms with Crippen molar-refractivity contribution in [3.63, 3.8) is 0 Å². The monoisotopic (exact) mass is 369 g/mol. The summed E-state index contributed by atoms with van der Waals surface area (Å²) < 4.78 is 7.14. The zero-order chi connectivity index (χ0) is 18.8. The van der Waals surface area contributed by atoms with E-state index in [0.717, 1.165) is 0 Å². The Morgan fingerprint density at radius 2 is 2.27 bits per heavy atom. The maximum absolute atomic E-state index is 12.2. The van der Waals surface area contributed by atoms with Gasteiger partial charge in [-0.05, 0) is 13.3 Å². The summed E-state index contributed by atoms with van der Waals surface area (Å²) in [5.41, 5.74) is -0.0329. The molecule has 2 aromatic heterocycles. The average Bonchev–Trinajstić information content (AvgIpc) is 3.17. The van der Waals surface area contributed by atoms with Crippen molar-refractivity contribution < 1.29 is 25.2 Å². The molecule has 5 atom stereocenters. The molecular formula is C15H23N5O6. The molecule has 1 aliphatic rings. The molecule has 0 aromatic carbocycles. The van der Waals surface area contributed by atoms with Crippen LogP contribution in [0.25, 0.3) is 11.2 Å². The normalized spacial score (nSPS) is 25.5. The number of hydrogen-bond acceptors (Lipinski definition) is 9. The Kier molecular flexibility index (Phi) is 5.53. The Bertz CT molecular complexity index is 807. The zero-order valence-electron chi connectivity index (χ0n) is 14.2. The van der Waals surface area contributed by atoms with Crippen molar-refractivity contribution in [3.8, 4) is 0 Å². The van der Waals surface area contributed by atoms with Crippen molar-refractivity contribution in [2.24, 2.45) is 0 Å². The predicted octanol–water partition coefficient (Wildman–Crippen LogP) is -1.70. The highest BCUT2D eigenvalue weighted by Gasteiger charge is 2.35. The maximum Gasteiger partial charge on any atom is 0.280 e. The molecule has 0 bridgehead atoms. The molecular weight excluding hydrogens is 346 g/mol. The van der Waals surface area contributed by atoms with Gasteiger partial charge in [-0.25, -0.2) is 4.98 Å². The second kappa shape index (κ2) is 7.68. The van der Waals surface area contributed by atoms with Crippen LogP contribution in [0.4, 0.5) is 5.95 Å². The van der Waals surface area contributed by atoms with E-state index in [1.54, 1.807) is 11.5 Å². The van der Waals surface area contributed by atoms with Gasteiger partial charge in [-0.3, -0.25) is 14.3 Å². The van der Waals surface area contributed by atoms with Gasteiger partial charge >= 0.3 is 0 Å². The number of nitrogens with zero attached hydrogens (tertiary/aromatic N) is 3. The average molecular weight is 369 g/mol. The van der Waals surface area contributed by atoms with Gasteiger partial charge in [0.1, 0.15) is 12.3 Å². The molecule has 0 aliphatic carbocycles. The largest absolute Gasteiger partial charge is 0.394 e. The molecule has 1 saturated heterocycles. The summed E-state index contributed by atoms with van der Waals surface area (Å²) in [6.07, 6.45) is -1.06. The molecule has 3 rings (SSSR count). The summed E-state index contributed by atoms with van der Waals surface area (Å²) >= 11 is 0. The van der Waals surface area contributed by atoms with Gasteiger partial charge in [0.25, 0.3) is 5.56 Å². The molecule has 0 radical (unpaired) electrons. The lowest BCUT2D eigenvalue weighted by molar-refractivity contribution is -0.0432. The molecule has 0 saturated carbocycles. The zero-order valence-corrected chi connectivity index (χ0v) is 14.2. The number of ether oxygens (including phenoxy) is 1. The topological polar surface area (TPSA) is 166 Å². The second-order valence-corrected chi connectivity index (χ2v) is 6.47. The van der Waals surface area contributed by atoms with Crippen molar-refractivity contribution in [2.45, 2.75) is 50.3 Å². The van der Waals surface area contributed by atoms with Crippen LogP contribution in [-0.2, 0) is 4.74 Å². The lowest BCUT2D eigenvalue weighted by atomic mass is 10.1. The Morgan fingerprint density at radius 1 is 1.50 bits per heavy atom. The standard InChI is InChI=1S/C15H23N5O6/c1-7(2-8(23)4-21)17-15-18-13-12(14(25)19-15)16-6-20(13)11-3-9(24)10(5-22)26-11/h6-11,21-24H,2-5H2,1H3,(H2,17,18,19,25)/t7?,8?,9-,10+,11+/m0/s1.